The van der Waals surface area contributed by atoms with Gasteiger partial charge in [0, 0.05) is 11.6 Å². The maximum atomic E-state index is 12.4. The Balaban J connectivity index is 1.83. The van der Waals surface area contributed by atoms with Gasteiger partial charge in [-0.3, -0.25) is 4.79 Å². The van der Waals surface area contributed by atoms with Crippen LogP contribution in [0.2, 0.25) is 0 Å². The summed E-state index contributed by atoms with van der Waals surface area (Å²) >= 11 is 0. The molecule has 23 heavy (non-hydrogen) atoms. The number of nitrogens with zero attached hydrogens (tertiary/aromatic N) is 1. The van der Waals surface area contributed by atoms with Gasteiger partial charge in [0.15, 0.2) is 0 Å². The average Bonchev–Trinajstić information content (AvgIpc) is 3.29. The first kappa shape index (κ1) is 15.1. The molecule has 120 valence electrons. The highest BCUT2D eigenvalue weighted by Crippen LogP contribution is 2.25. The lowest BCUT2D eigenvalue weighted by molar-refractivity contribution is -0.130. The van der Waals surface area contributed by atoms with Crippen LogP contribution in [0.5, 0.6) is 0 Å². The number of hydrogen-bond donors (Lipinski definition) is 2. The third kappa shape index (κ3) is 3.33. The molecule has 1 heterocycles. The molecular weight excluding hydrogens is 298 g/mol. The number of carbonyl (C=O) groups is 2. The topological polar surface area (TPSA) is 107 Å². The molecule has 0 radical (unpaired) electrons. The van der Waals surface area contributed by atoms with E-state index >= 15 is 0 Å². The van der Waals surface area contributed by atoms with E-state index in [9.17, 15) is 9.59 Å². The average molecular weight is 315 g/mol. The van der Waals surface area contributed by atoms with Crippen molar-refractivity contribution in [3.8, 4) is 0 Å². The number of aromatic nitrogens is 1. The number of amides is 1. The third-order valence-electron chi connectivity index (χ3n) is 3.58. The largest absolute Gasteiger partial charge is 0.443 e. The van der Waals surface area contributed by atoms with Crippen molar-refractivity contribution in [1.82, 2.24) is 10.5 Å². The van der Waals surface area contributed by atoms with E-state index in [0.717, 1.165) is 12.8 Å². The van der Waals surface area contributed by atoms with Crippen molar-refractivity contribution in [2.75, 3.05) is 5.73 Å². The molecule has 1 amide bonds. The molecule has 0 aliphatic heterocycles. The van der Waals surface area contributed by atoms with E-state index in [1.165, 1.54) is 0 Å². The number of benzene rings is 1. The first-order valence-electron chi connectivity index (χ1n) is 7.34. The van der Waals surface area contributed by atoms with Crippen molar-refractivity contribution >= 4 is 17.8 Å². The van der Waals surface area contributed by atoms with Gasteiger partial charge < -0.3 is 20.3 Å². The highest BCUT2D eigenvalue weighted by Gasteiger charge is 2.32. The molecular formula is C16H17N3O4. The van der Waals surface area contributed by atoms with E-state index < -0.39 is 12.1 Å². The second kappa shape index (κ2) is 6.12. The van der Waals surface area contributed by atoms with Crippen molar-refractivity contribution in [1.29, 1.82) is 0 Å². The van der Waals surface area contributed by atoms with E-state index in [1.54, 1.807) is 31.2 Å². The number of aryl methyl sites for hydroxylation is 1. The van der Waals surface area contributed by atoms with Gasteiger partial charge >= 0.3 is 5.97 Å². The van der Waals surface area contributed by atoms with Crippen LogP contribution in [0, 0.1) is 6.92 Å². The van der Waals surface area contributed by atoms with Gasteiger partial charge in [0.05, 0.1) is 5.69 Å². The summed E-state index contributed by atoms with van der Waals surface area (Å²) in [5, 5.41) is 6.46. The van der Waals surface area contributed by atoms with Crippen LogP contribution < -0.4 is 11.1 Å². The minimum absolute atomic E-state index is 0.0464. The summed E-state index contributed by atoms with van der Waals surface area (Å²) in [6.07, 6.45) is 0.843. The Kier molecular flexibility index (Phi) is 4.01. The predicted molar refractivity (Wildman–Crippen MR) is 81.4 cm³/mol. The highest BCUT2D eigenvalue weighted by atomic mass is 16.6. The zero-order chi connectivity index (χ0) is 16.4. The summed E-state index contributed by atoms with van der Waals surface area (Å²) in [7, 11) is 0. The minimum atomic E-state index is -1.04. The molecule has 1 aliphatic carbocycles. The quantitative estimate of drug-likeness (QED) is 0.814. The Hall–Kier alpha value is -2.83. The van der Waals surface area contributed by atoms with Crippen molar-refractivity contribution in [2.24, 2.45) is 0 Å². The molecule has 7 heteroatoms. The number of esters is 1. The van der Waals surface area contributed by atoms with Crippen molar-refractivity contribution in [3.63, 3.8) is 0 Å². The van der Waals surface area contributed by atoms with Crippen LogP contribution in [0.3, 0.4) is 0 Å². The first-order chi connectivity index (χ1) is 11.1. The third-order valence-corrected chi connectivity index (χ3v) is 3.58. The van der Waals surface area contributed by atoms with Crippen molar-refractivity contribution in [3.05, 3.63) is 47.2 Å². The smallest absolute Gasteiger partial charge is 0.346 e. The van der Waals surface area contributed by atoms with E-state index in [0.29, 0.717) is 11.3 Å². The number of nitrogen functional groups attached to an aromatic ring is 1. The maximum Gasteiger partial charge on any atom is 0.346 e. The minimum Gasteiger partial charge on any atom is -0.443 e. The molecule has 1 aromatic heterocycles. The zero-order valence-electron chi connectivity index (χ0n) is 12.6. The van der Waals surface area contributed by atoms with Gasteiger partial charge in [0.1, 0.15) is 5.56 Å². The molecule has 7 nitrogen and oxygen atoms in total. The van der Waals surface area contributed by atoms with E-state index in [4.69, 9.17) is 15.0 Å². The molecule has 2 aromatic rings. The predicted octanol–water partition coefficient (Wildman–Crippen LogP) is 1.74. The molecule has 1 saturated carbocycles. The Morgan fingerprint density at radius 2 is 2.04 bits per heavy atom. The normalized spacial score (nSPS) is 15.0. The zero-order valence-corrected chi connectivity index (χ0v) is 12.6. The number of nitrogens with two attached hydrogens (primary N) is 1. The molecule has 1 aliphatic rings. The van der Waals surface area contributed by atoms with Gasteiger partial charge in [-0.15, -0.1) is 0 Å². The fourth-order valence-corrected chi connectivity index (χ4v) is 2.21. The van der Waals surface area contributed by atoms with Crippen molar-refractivity contribution in [2.45, 2.75) is 31.9 Å². The van der Waals surface area contributed by atoms with E-state index in [-0.39, 0.29) is 23.4 Å². The second-order valence-corrected chi connectivity index (χ2v) is 5.49. The molecule has 1 aromatic carbocycles. The summed E-state index contributed by atoms with van der Waals surface area (Å²) in [6, 6.07) is 9.00. The van der Waals surface area contributed by atoms with Gasteiger partial charge in [0.2, 0.25) is 12.0 Å². The SMILES string of the molecule is Cc1noc(N)c1C(=O)O[C@@H](C(=O)NC1CC1)c1ccccc1. The van der Waals surface area contributed by atoms with Crippen molar-refractivity contribution < 1.29 is 18.8 Å². The Bertz CT molecular complexity index is 703. The summed E-state index contributed by atoms with van der Waals surface area (Å²) in [6.45, 7) is 1.58. The molecule has 0 spiro atoms. The molecule has 3 rings (SSSR count). The number of anilines is 1. The van der Waals surface area contributed by atoms with Gasteiger partial charge in [-0.05, 0) is 19.8 Å². The molecule has 1 atom stereocenters. The molecule has 1 fully saturated rings. The standard InChI is InChI=1S/C16H17N3O4/c1-9-12(14(17)23-19-9)16(21)22-13(10-5-3-2-4-6-10)15(20)18-11-7-8-11/h2-6,11,13H,7-8,17H2,1H3,(H,18,20)/t13-/m1/s1. The Morgan fingerprint density at radius 3 is 2.61 bits per heavy atom. The Morgan fingerprint density at radius 1 is 1.35 bits per heavy atom. The van der Waals surface area contributed by atoms with Crippen LogP contribution in [0.1, 0.15) is 40.6 Å². The summed E-state index contributed by atoms with van der Waals surface area (Å²) < 4.78 is 10.2. The lowest BCUT2D eigenvalue weighted by Crippen LogP contribution is -2.33. The number of carbonyl (C=O) groups excluding carboxylic acids is 2. The van der Waals surface area contributed by atoms with Crippen LogP contribution in [0.4, 0.5) is 5.88 Å². The van der Waals surface area contributed by atoms with Crippen LogP contribution in [-0.2, 0) is 9.53 Å². The van der Waals surface area contributed by atoms with Crippen LogP contribution >= 0.6 is 0 Å². The number of rotatable bonds is 5. The lowest BCUT2D eigenvalue weighted by Gasteiger charge is -2.17. The summed E-state index contributed by atoms with van der Waals surface area (Å²) in [5.41, 5.74) is 6.55. The first-order valence-corrected chi connectivity index (χ1v) is 7.34. The monoisotopic (exact) mass is 315 g/mol. The summed E-state index contributed by atoms with van der Waals surface area (Å²) in [5.74, 6) is -1.21. The van der Waals surface area contributed by atoms with Crippen LogP contribution in [-0.4, -0.2) is 23.1 Å². The van der Waals surface area contributed by atoms with Gasteiger partial charge in [0.25, 0.3) is 5.91 Å². The number of hydrogen-bond acceptors (Lipinski definition) is 6. The molecule has 0 bridgehead atoms. The van der Waals surface area contributed by atoms with Gasteiger partial charge in [-0.2, -0.15) is 0 Å². The second-order valence-electron chi connectivity index (χ2n) is 5.49. The van der Waals surface area contributed by atoms with E-state index in [2.05, 4.69) is 10.5 Å². The molecule has 3 N–H and O–H groups in total. The number of ether oxygens (including phenoxy) is 1. The van der Waals surface area contributed by atoms with Crippen LogP contribution in [0.15, 0.2) is 34.9 Å². The highest BCUT2D eigenvalue weighted by molar-refractivity contribution is 5.97. The fraction of sp³-hybridized carbons (Fsp3) is 0.312. The molecule has 0 unspecified atom stereocenters. The molecule has 0 saturated heterocycles. The maximum absolute atomic E-state index is 12.4. The van der Waals surface area contributed by atoms with Gasteiger partial charge in [-0.1, -0.05) is 35.5 Å². The lowest BCUT2D eigenvalue weighted by atomic mass is 10.1. The Labute approximate surface area is 132 Å². The number of nitrogens with one attached hydrogen (secondary N) is 1. The van der Waals surface area contributed by atoms with Crippen LogP contribution in [0.25, 0.3) is 0 Å². The van der Waals surface area contributed by atoms with E-state index in [1.807, 2.05) is 6.07 Å². The fourth-order valence-electron chi connectivity index (χ4n) is 2.21. The van der Waals surface area contributed by atoms with Gasteiger partial charge in [-0.25, -0.2) is 4.79 Å². The summed E-state index contributed by atoms with van der Waals surface area (Å²) in [4.78, 5) is 24.8.